The summed E-state index contributed by atoms with van der Waals surface area (Å²) in [5, 5.41) is 7.85. The Morgan fingerprint density at radius 1 is 1.24 bits per heavy atom. The fraction of sp³-hybridized carbons (Fsp3) is 0.471. The fourth-order valence-electron chi connectivity index (χ4n) is 2.14. The van der Waals surface area contributed by atoms with Crippen molar-refractivity contribution in [3.63, 3.8) is 0 Å². The molecule has 0 aliphatic rings. The minimum atomic E-state index is -0.0415. The molecule has 2 aromatic rings. The summed E-state index contributed by atoms with van der Waals surface area (Å²) in [7, 11) is 1.90. The normalized spacial score (nSPS) is 13.2. The van der Waals surface area contributed by atoms with E-state index >= 15 is 0 Å². The molecule has 1 atom stereocenters. The summed E-state index contributed by atoms with van der Waals surface area (Å²) in [6, 6.07) is 12.3. The number of nitrogens with zero attached hydrogens (tertiary/aromatic N) is 2. The molecule has 1 aromatic carbocycles. The predicted molar refractivity (Wildman–Crippen MR) is 85.5 cm³/mol. The second-order valence-corrected chi connectivity index (χ2v) is 6.40. The Balaban J connectivity index is 2.18. The molecule has 4 nitrogen and oxygen atoms in total. The van der Waals surface area contributed by atoms with Crippen LogP contribution < -0.4 is 10.1 Å². The third kappa shape index (κ3) is 4.60. The van der Waals surface area contributed by atoms with Crippen LogP contribution in [0.4, 0.5) is 0 Å². The average molecular weight is 287 g/mol. The van der Waals surface area contributed by atoms with E-state index in [2.05, 4.69) is 43.3 Å². The van der Waals surface area contributed by atoms with Crippen molar-refractivity contribution in [1.82, 2.24) is 15.1 Å². The molecule has 0 saturated heterocycles. The summed E-state index contributed by atoms with van der Waals surface area (Å²) in [5.74, 6) is 0.789. The summed E-state index contributed by atoms with van der Waals surface area (Å²) in [6.07, 6.45) is -0.0415. The summed E-state index contributed by atoms with van der Waals surface area (Å²) in [5.41, 5.74) is 2.18. The van der Waals surface area contributed by atoms with Gasteiger partial charge in [0.05, 0.1) is 5.69 Å². The van der Waals surface area contributed by atoms with Crippen LogP contribution in [0.3, 0.4) is 0 Å². The van der Waals surface area contributed by atoms with E-state index in [0.717, 1.165) is 23.7 Å². The highest BCUT2D eigenvalue weighted by molar-refractivity contribution is 5.21. The molecule has 1 N–H and O–H groups in total. The van der Waals surface area contributed by atoms with Crippen molar-refractivity contribution in [1.29, 1.82) is 0 Å². The standard InChI is InChI=1S/C17H25N3O/c1-13-11-16(20(5)19-13)21-15(12-18-17(2,3)4)14-9-7-6-8-10-14/h6-11,15,18H,12H2,1-5H3. The minimum Gasteiger partial charge on any atom is -0.468 e. The monoisotopic (exact) mass is 287 g/mol. The van der Waals surface area contributed by atoms with Crippen molar-refractivity contribution in [3.05, 3.63) is 47.7 Å². The smallest absolute Gasteiger partial charge is 0.212 e. The summed E-state index contributed by atoms with van der Waals surface area (Å²) >= 11 is 0. The zero-order valence-electron chi connectivity index (χ0n) is 13.6. The Morgan fingerprint density at radius 3 is 2.43 bits per heavy atom. The first-order valence-electron chi connectivity index (χ1n) is 7.32. The summed E-state index contributed by atoms with van der Waals surface area (Å²) in [4.78, 5) is 0. The number of rotatable bonds is 5. The zero-order chi connectivity index (χ0) is 15.5. The van der Waals surface area contributed by atoms with Gasteiger partial charge < -0.3 is 10.1 Å². The number of hydrogen-bond acceptors (Lipinski definition) is 3. The summed E-state index contributed by atoms with van der Waals surface area (Å²) in [6.45, 7) is 9.19. The molecule has 1 heterocycles. The first-order valence-corrected chi connectivity index (χ1v) is 7.32. The molecule has 0 fully saturated rings. The van der Waals surface area contributed by atoms with E-state index < -0.39 is 0 Å². The lowest BCUT2D eigenvalue weighted by atomic mass is 10.1. The maximum atomic E-state index is 6.19. The number of benzene rings is 1. The Labute approximate surface area is 127 Å². The molecule has 0 spiro atoms. The van der Waals surface area contributed by atoms with Crippen molar-refractivity contribution in [2.75, 3.05) is 6.54 Å². The van der Waals surface area contributed by atoms with Gasteiger partial charge in [0.25, 0.3) is 0 Å². The van der Waals surface area contributed by atoms with Crippen molar-refractivity contribution in [3.8, 4) is 5.88 Å². The molecular weight excluding hydrogens is 262 g/mol. The molecule has 21 heavy (non-hydrogen) atoms. The van der Waals surface area contributed by atoms with Crippen LogP contribution in [0.5, 0.6) is 5.88 Å². The van der Waals surface area contributed by atoms with Gasteiger partial charge in [0, 0.05) is 25.2 Å². The van der Waals surface area contributed by atoms with Crippen LogP contribution in [-0.4, -0.2) is 21.9 Å². The molecule has 0 amide bonds. The van der Waals surface area contributed by atoms with E-state index in [4.69, 9.17) is 4.74 Å². The van der Waals surface area contributed by atoms with Crippen LogP contribution >= 0.6 is 0 Å². The Hall–Kier alpha value is -1.81. The molecule has 1 unspecified atom stereocenters. The van der Waals surface area contributed by atoms with Gasteiger partial charge >= 0.3 is 0 Å². The van der Waals surface area contributed by atoms with Crippen molar-refractivity contribution >= 4 is 0 Å². The van der Waals surface area contributed by atoms with Gasteiger partial charge in [0.15, 0.2) is 0 Å². The molecule has 0 aliphatic heterocycles. The third-order valence-electron chi connectivity index (χ3n) is 3.21. The first-order chi connectivity index (χ1) is 9.85. The van der Waals surface area contributed by atoms with E-state index in [-0.39, 0.29) is 11.6 Å². The largest absolute Gasteiger partial charge is 0.468 e. The SMILES string of the molecule is Cc1cc(OC(CNC(C)(C)C)c2ccccc2)n(C)n1. The minimum absolute atomic E-state index is 0.0415. The quantitative estimate of drug-likeness (QED) is 0.917. The number of aryl methyl sites for hydroxylation is 2. The predicted octanol–water partition coefficient (Wildman–Crippen LogP) is 3.24. The molecule has 0 bridgehead atoms. The maximum absolute atomic E-state index is 6.19. The van der Waals surface area contributed by atoms with E-state index in [0.29, 0.717) is 0 Å². The number of aromatic nitrogens is 2. The number of nitrogens with one attached hydrogen (secondary N) is 1. The third-order valence-corrected chi connectivity index (χ3v) is 3.21. The lowest BCUT2D eigenvalue weighted by molar-refractivity contribution is 0.173. The lowest BCUT2D eigenvalue weighted by Crippen LogP contribution is -2.39. The van der Waals surface area contributed by atoms with Crippen molar-refractivity contribution in [2.24, 2.45) is 7.05 Å². The van der Waals surface area contributed by atoms with Gasteiger partial charge in [0.2, 0.25) is 5.88 Å². The van der Waals surface area contributed by atoms with Crippen LogP contribution in [0.15, 0.2) is 36.4 Å². The van der Waals surface area contributed by atoms with Gasteiger partial charge in [-0.25, -0.2) is 4.68 Å². The molecular formula is C17H25N3O. The Morgan fingerprint density at radius 2 is 1.90 bits per heavy atom. The summed E-state index contributed by atoms with van der Waals surface area (Å²) < 4.78 is 7.97. The highest BCUT2D eigenvalue weighted by atomic mass is 16.5. The average Bonchev–Trinajstić information content (AvgIpc) is 2.72. The Bertz CT molecular complexity index is 569. The molecule has 0 saturated carbocycles. The molecule has 1 aromatic heterocycles. The molecule has 4 heteroatoms. The van der Waals surface area contributed by atoms with Crippen molar-refractivity contribution < 1.29 is 4.74 Å². The van der Waals surface area contributed by atoms with E-state index in [9.17, 15) is 0 Å². The second-order valence-electron chi connectivity index (χ2n) is 6.40. The van der Waals surface area contributed by atoms with Gasteiger partial charge in [-0.3, -0.25) is 0 Å². The zero-order valence-corrected chi connectivity index (χ0v) is 13.6. The first kappa shape index (κ1) is 15.6. The second kappa shape index (κ2) is 6.31. The molecule has 0 radical (unpaired) electrons. The van der Waals surface area contributed by atoms with Crippen LogP contribution in [0.2, 0.25) is 0 Å². The van der Waals surface area contributed by atoms with Gasteiger partial charge in [-0.15, -0.1) is 0 Å². The topological polar surface area (TPSA) is 39.1 Å². The van der Waals surface area contributed by atoms with Gasteiger partial charge in [-0.1, -0.05) is 30.3 Å². The molecule has 2 rings (SSSR count). The van der Waals surface area contributed by atoms with Crippen molar-refractivity contribution in [2.45, 2.75) is 39.3 Å². The van der Waals surface area contributed by atoms with Gasteiger partial charge in [0.1, 0.15) is 6.10 Å². The maximum Gasteiger partial charge on any atom is 0.212 e. The highest BCUT2D eigenvalue weighted by Crippen LogP contribution is 2.22. The fourth-order valence-corrected chi connectivity index (χ4v) is 2.14. The lowest BCUT2D eigenvalue weighted by Gasteiger charge is -2.26. The van der Waals surface area contributed by atoms with E-state index in [1.165, 1.54) is 0 Å². The van der Waals surface area contributed by atoms with E-state index in [1.807, 2.05) is 38.2 Å². The highest BCUT2D eigenvalue weighted by Gasteiger charge is 2.18. The van der Waals surface area contributed by atoms with Crippen LogP contribution in [0.1, 0.15) is 38.1 Å². The molecule has 114 valence electrons. The van der Waals surface area contributed by atoms with Gasteiger partial charge in [-0.2, -0.15) is 5.10 Å². The number of ether oxygens (including phenoxy) is 1. The van der Waals surface area contributed by atoms with Crippen LogP contribution in [0.25, 0.3) is 0 Å². The molecule has 0 aliphatic carbocycles. The van der Waals surface area contributed by atoms with Crippen LogP contribution in [-0.2, 0) is 7.05 Å². The number of hydrogen-bond donors (Lipinski definition) is 1. The van der Waals surface area contributed by atoms with E-state index in [1.54, 1.807) is 4.68 Å². The Kier molecular flexibility index (Phi) is 4.68. The van der Waals surface area contributed by atoms with Gasteiger partial charge in [-0.05, 0) is 33.3 Å². The van der Waals surface area contributed by atoms with Crippen LogP contribution in [0, 0.1) is 6.92 Å².